The Labute approximate surface area is 128 Å². The molecule has 118 valence electrons. The maximum Gasteiger partial charge on any atom is 0.327 e. The standard InChI is InChI=1S/C13H21N3O4S/c17-11(15-9(7-21)13(19)20)10-4-2-6-16(10)12(18)8-3-1-5-14-8/h8-10,14,21H,1-7H2,(H,15,17)(H,19,20). The number of amides is 2. The third-order valence-electron chi connectivity index (χ3n) is 3.99. The van der Waals surface area contributed by atoms with Crippen LogP contribution in [0.3, 0.4) is 0 Å². The van der Waals surface area contributed by atoms with E-state index >= 15 is 0 Å². The van der Waals surface area contributed by atoms with E-state index in [1.807, 2.05) is 0 Å². The van der Waals surface area contributed by atoms with Crippen molar-refractivity contribution in [3.63, 3.8) is 0 Å². The molecule has 2 saturated heterocycles. The minimum absolute atomic E-state index is 0.0198. The summed E-state index contributed by atoms with van der Waals surface area (Å²) in [5.74, 6) is -1.55. The van der Waals surface area contributed by atoms with Crippen molar-refractivity contribution in [2.75, 3.05) is 18.8 Å². The monoisotopic (exact) mass is 315 g/mol. The number of aliphatic carboxylic acids is 1. The number of carbonyl (C=O) groups excluding carboxylic acids is 2. The molecule has 0 saturated carbocycles. The minimum Gasteiger partial charge on any atom is -0.480 e. The molecule has 21 heavy (non-hydrogen) atoms. The zero-order valence-electron chi connectivity index (χ0n) is 11.7. The zero-order valence-corrected chi connectivity index (χ0v) is 12.6. The molecule has 0 aromatic carbocycles. The van der Waals surface area contributed by atoms with E-state index in [4.69, 9.17) is 5.11 Å². The van der Waals surface area contributed by atoms with Gasteiger partial charge < -0.3 is 20.6 Å². The second kappa shape index (κ2) is 7.13. The number of likely N-dealkylation sites (tertiary alicyclic amines) is 1. The van der Waals surface area contributed by atoms with Gasteiger partial charge >= 0.3 is 5.97 Å². The molecular formula is C13H21N3O4S. The van der Waals surface area contributed by atoms with Crippen LogP contribution in [0.2, 0.25) is 0 Å². The van der Waals surface area contributed by atoms with E-state index in [1.165, 1.54) is 0 Å². The molecule has 2 aliphatic heterocycles. The third-order valence-corrected chi connectivity index (χ3v) is 4.36. The molecule has 3 N–H and O–H groups in total. The van der Waals surface area contributed by atoms with Crippen LogP contribution in [0.15, 0.2) is 0 Å². The fourth-order valence-corrected chi connectivity index (χ4v) is 3.10. The van der Waals surface area contributed by atoms with E-state index in [-0.39, 0.29) is 17.7 Å². The highest BCUT2D eigenvalue weighted by molar-refractivity contribution is 7.80. The molecule has 0 aliphatic carbocycles. The van der Waals surface area contributed by atoms with Crippen molar-refractivity contribution in [1.29, 1.82) is 0 Å². The van der Waals surface area contributed by atoms with E-state index in [9.17, 15) is 14.4 Å². The molecule has 0 aromatic heterocycles. The van der Waals surface area contributed by atoms with Gasteiger partial charge in [0.1, 0.15) is 12.1 Å². The van der Waals surface area contributed by atoms with Crippen LogP contribution >= 0.6 is 12.6 Å². The predicted octanol–water partition coefficient (Wildman–Crippen LogP) is -0.771. The van der Waals surface area contributed by atoms with E-state index in [2.05, 4.69) is 23.3 Å². The van der Waals surface area contributed by atoms with E-state index in [0.717, 1.165) is 25.8 Å². The first kappa shape index (κ1) is 16.1. The minimum atomic E-state index is -1.12. The highest BCUT2D eigenvalue weighted by atomic mass is 32.1. The van der Waals surface area contributed by atoms with Crippen molar-refractivity contribution in [3.05, 3.63) is 0 Å². The molecule has 0 bridgehead atoms. The first-order chi connectivity index (χ1) is 10.0. The molecule has 2 rings (SSSR count). The Bertz CT molecular complexity index is 426. The highest BCUT2D eigenvalue weighted by Gasteiger charge is 2.38. The normalized spacial score (nSPS) is 26.6. The Morgan fingerprint density at radius 3 is 2.67 bits per heavy atom. The first-order valence-electron chi connectivity index (χ1n) is 7.22. The molecule has 0 spiro atoms. The first-order valence-corrected chi connectivity index (χ1v) is 7.85. The molecule has 2 heterocycles. The summed E-state index contributed by atoms with van der Waals surface area (Å²) < 4.78 is 0. The maximum absolute atomic E-state index is 12.4. The van der Waals surface area contributed by atoms with Gasteiger partial charge in [-0.15, -0.1) is 0 Å². The summed E-state index contributed by atoms with van der Waals surface area (Å²) >= 11 is 3.92. The quantitative estimate of drug-likeness (QED) is 0.499. The SMILES string of the molecule is O=C(O)C(CS)NC(=O)C1CCCN1C(=O)C1CCCN1. The number of hydrogen-bond donors (Lipinski definition) is 4. The van der Waals surface area contributed by atoms with Crippen LogP contribution in [0.5, 0.6) is 0 Å². The number of carboxylic acid groups (broad SMARTS) is 1. The Morgan fingerprint density at radius 1 is 1.33 bits per heavy atom. The number of hydrogen-bond acceptors (Lipinski definition) is 5. The van der Waals surface area contributed by atoms with Gasteiger partial charge in [-0.1, -0.05) is 0 Å². The van der Waals surface area contributed by atoms with Crippen LogP contribution in [-0.4, -0.2) is 64.8 Å². The van der Waals surface area contributed by atoms with Gasteiger partial charge in [-0.2, -0.15) is 12.6 Å². The number of rotatable bonds is 5. The summed E-state index contributed by atoms with van der Waals surface area (Å²) in [6.07, 6.45) is 3.08. The Balaban J connectivity index is 1.98. The van der Waals surface area contributed by atoms with E-state index in [1.54, 1.807) is 4.90 Å². The lowest BCUT2D eigenvalue weighted by Crippen LogP contribution is -2.54. The number of nitrogens with one attached hydrogen (secondary N) is 2. The van der Waals surface area contributed by atoms with Crippen LogP contribution in [0.1, 0.15) is 25.7 Å². The lowest BCUT2D eigenvalue weighted by Gasteiger charge is -2.27. The van der Waals surface area contributed by atoms with Gasteiger partial charge in [0.05, 0.1) is 6.04 Å². The average Bonchev–Trinajstić information content (AvgIpc) is 3.13. The largest absolute Gasteiger partial charge is 0.480 e. The summed E-state index contributed by atoms with van der Waals surface area (Å²) in [6.45, 7) is 1.37. The molecule has 8 heteroatoms. The topological polar surface area (TPSA) is 98.7 Å². The number of carboxylic acids is 1. The fraction of sp³-hybridized carbons (Fsp3) is 0.769. The van der Waals surface area contributed by atoms with Crippen molar-refractivity contribution in [3.8, 4) is 0 Å². The molecule has 3 atom stereocenters. The third kappa shape index (κ3) is 3.68. The molecule has 3 unspecified atom stereocenters. The van der Waals surface area contributed by atoms with Crippen LogP contribution in [0, 0.1) is 0 Å². The van der Waals surface area contributed by atoms with Gasteiger partial charge in [-0.3, -0.25) is 9.59 Å². The summed E-state index contributed by atoms with van der Waals surface area (Å²) in [5, 5.41) is 14.5. The van der Waals surface area contributed by atoms with Gasteiger partial charge in [0.2, 0.25) is 11.8 Å². The molecule has 0 radical (unpaired) electrons. The molecule has 2 aliphatic rings. The predicted molar refractivity (Wildman–Crippen MR) is 79.2 cm³/mol. The molecule has 7 nitrogen and oxygen atoms in total. The Hall–Kier alpha value is -1.28. The van der Waals surface area contributed by atoms with Gasteiger partial charge in [-0.05, 0) is 32.2 Å². The summed E-state index contributed by atoms with van der Waals surface area (Å²) in [6, 6.07) is -1.80. The summed E-state index contributed by atoms with van der Waals surface area (Å²) in [5.41, 5.74) is 0. The lowest BCUT2D eigenvalue weighted by atomic mass is 10.1. The second-order valence-corrected chi connectivity index (χ2v) is 5.79. The number of thiol groups is 1. The smallest absolute Gasteiger partial charge is 0.327 e. The van der Waals surface area contributed by atoms with Gasteiger partial charge in [0, 0.05) is 12.3 Å². The van der Waals surface area contributed by atoms with Crippen molar-refractivity contribution >= 4 is 30.4 Å². The van der Waals surface area contributed by atoms with Crippen molar-refractivity contribution < 1.29 is 19.5 Å². The van der Waals surface area contributed by atoms with E-state index < -0.39 is 24.0 Å². The molecule has 0 aromatic rings. The fourth-order valence-electron chi connectivity index (χ4n) is 2.85. The molecular weight excluding hydrogens is 294 g/mol. The zero-order chi connectivity index (χ0) is 15.4. The Kier molecular flexibility index (Phi) is 5.46. The van der Waals surface area contributed by atoms with Crippen LogP contribution < -0.4 is 10.6 Å². The van der Waals surface area contributed by atoms with Crippen LogP contribution in [0.4, 0.5) is 0 Å². The number of nitrogens with zero attached hydrogens (tertiary/aromatic N) is 1. The number of carbonyl (C=O) groups is 3. The highest BCUT2D eigenvalue weighted by Crippen LogP contribution is 2.21. The van der Waals surface area contributed by atoms with Crippen molar-refractivity contribution in [2.24, 2.45) is 0 Å². The van der Waals surface area contributed by atoms with Crippen molar-refractivity contribution in [2.45, 2.75) is 43.8 Å². The van der Waals surface area contributed by atoms with E-state index in [0.29, 0.717) is 13.0 Å². The summed E-state index contributed by atoms with van der Waals surface area (Å²) in [4.78, 5) is 37.2. The van der Waals surface area contributed by atoms with Crippen molar-refractivity contribution in [1.82, 2.24) is 15.5 Å². The average molecular weight is 315 g/mol. The molecule has 2 amide bonds. The summed E-state index contributed by atoms with van der Waals surface area (Å²) in [7, 11) is 0. The van der Waals surface area contributed by atoms with Gasteiger partial charge in [0.15, 0.2) is 0 Å². The molecule has 2 fully saturated rings. The van der Waals surface area contributed by atoms with Crippen LogP contribution in [-0.2, 0) is 14.4 Å². The lowest BCUT2D eigenvalue weighted by molar-refractivity contribution is -0.143. The second-order valence-electron chi connectivity index (χ2n) is 5.42. The van der Waals surface area contributed by atoms with Crippen LogP contribution in [0.25, 0.3) is 0 Å². The van der Waals surface area contributed by atoms with Gasteiger partial charge in [-0.25, -0.2) is 4.79 Å². The van der Waals surface area contributed by atoms with Gasteiger partial charge in [0.25, 0.3) is 0 Å². The maximum atomic E-state index is 12.4. The Morgan fingerprint density at radius 2 is 2.10 bits per heavy atom.